The lowest BCUT2D eigenvalue weighted by atomic mass is 9.99. The van der Waals surface area contributed by atoms with Gasteiger partial charge in [0, 0.05) is 73.5 Å². The average Bonchev–Trinajstić information content (AvgIpc) is 3.83. The van der Waals surface area contributed by atoms with Gasteiger partial charge in [-0.3, -0.25) is 19.5 Å². The summed E-state index contributed by atoms with van der Waals surface area (Å²) in [7, 11) is 7.20. The first-order valence-corrected chi connectivity index (χ1v) is 18.5. The van der Waals surface area contributed by atoms with Gasteiger partial charge in [-0.15, -0.1) is 0 Å². The van der Waals surface area contributed by atoms with Crippen molar-refractivity contribution in [3.05, 3.63) is 95.0 Å². The van der Waals surface area contributed by atoms with Crippen LogP contribution in [0.5, 0.6) is 5.75 Å². The predicted octanol–water partition coefficient (Wildman–Crippen LogP) is 5.18. The molecule has 12 nitrogen and oxygen atoms in total. The Bertz CT molecular complexity index is 2210. The molecule has 55 heavy (non-hydrogen) atoms. The monoisotopic (exact) mass is 773 g/mol. The van der Waals surface area contributed by atoms with Gasteiger partial charge in [0.05, 0.1) is 62.1 Å². The Kier molecular flexibility index (Phi) is 12.0. The van der Waals surface area contributed by atoms with Gasteiger partial charge in [-0.25, -0.2) is 13.8 Å². The number of rotatable bonds is 12. The molecule has 15 heteroatoms. The van der Waals surface area contributed by atoms with Crippen molar-refractivity contribution in [1.82, 2.24) is 29.5 Å². The van der Waals surface area contributed by atoms with Crippen LogP contribution in [0.4, 0.5) is 14.5 Å². The molecular weight excluding hydrogens is 730 g/mol. The minimum Gasteiger partial charge on any atom is -0.497 e. The van der Waals surface area contributed by atoms with Crippen LogP contribution in [0.25, 0.3) is 33.6 Å². The first kappa shape index (κ1) is 39.1. The number of nitrogens with zero attached hydrogens (tertiary/aromatic N) is 5. The normalized spacial score (nSPS) is 13.6. The highest BCUT2D eigenvalue weighted by Crippen LogP contribution is 2.37. The third-order valence-corrected chi connectivity index (χ3v) is 10.3. The summed E-state index contributed by atoms with van der Waals surface area (Å²) >= 11 is 6.55. The van der Waals surface area contributed by atoms with Gasteiger partial charge in [0.2, 0.25) is 5.91 Å². The van der Waals surface area contributed by atoms with Gasteiger partial charge in [-0.05, 0) is 42.8 Å². The maximum absolute atomic E-state index is 15.7. The van der Waals surface area contributed by atoms with Crippen molar-refractivity contribution in [2.75, 3.05) is 59.2 Å². The van der Waals surface area contributed by atoms with Crippen LogP contribution in [-0.4, -0.2) is 101 Å². The first-order chi connectivity index (χ1) is 26.4. The Morgan fingerprint density at radius 2 is 1.67 bits per heavy atom. The minimum atomic E-state index is -1.11. The van der Waals surface area contributed by atoms with Gasteiger partial charge in [0.25, 0.3) is 11.8 Å². The van der Waals surface area contributed by atoms with E-state index in [2.05, 4.69) is 34.6 Å². The highest BCUT2D eigenvalue weighted by atomic mass is 35.5. The van der Waals surface area contributed by atoms with E-state index in [1.54, 1.807) is 35.2 Å². The van der Waals surface area contributed by atoms with Crippen molar-refractivity contribution in [3.63, 3.8) is 0 Å². The molecule has 1 fully saturated rings. The molecule has 6 rings (SSSR count). The second-order valence-corrected chi connectivity index (χ2v) is 14.2. The number of anilines is 1. The molecule has 1 aliphatic rings. The molecule has 3 heterocycles. The Labute approximate surface area is 323 Å². The number of piperazine rings is 1. The van der Waals surface area contributed by atoms with E-state index >= 15 is 8.78 Å². The summed E-state index contributed by atoms with van der Waals surface area (Å²) in [5.74, 6) is -2.46. The van der Waals surface area contributed by atoms with E-state index in [1.807, 2.05) is 11.8 Å². The number of carbonyl (C=O) groups excluding carboxylic acids is 3. The van der Waals surface area contributed by atoms with E-state index in [9.17, 15) is 14.4 Å². The molecule has 0 radical (unpaired) electrons. The summed E-state index contributed by atoms with van der Waals surface area (Å²) in [6.07, 6.45) is 4.32. The molecule has 3 N–H and O–H groups in total. The van der Waals surface area contributed by atoms with Gasteiger partial charge in [-0.2, -0.15) is 5.10 Å². The quantitative estimate of drug-likeness (QED) is 0.160. The molecule has 288 valence electrons. The van der Waals surface area contributed by atoms with Crippen molar-refractivity contribution < 1.29 is 32.8 Å². The fraction of sp³-hybridized carbons (Fsp3) is 0.325. The Balaban J connectivity index is 1.11. The molecule has 1 unspecified atom stereocenters. The molecule has 3 amide bonds. The van der Waals surface area contributed by atoms with E-state index in [4.69, 9.17) is 16.3 Å². The molecule has 0 aliphatic carbocycles. The van der Waals surface area contributed by atoms with Crippen molar-refractivity contribution in [3.8, 4) is 39.4 Å². The van der Waals surface area contributed by atoms with Crippen LogP contribution in [0, 0.1) is 17.6 Å². The van der Waals surface area contributed by atoms with Crippen LogP contribution in [0.15, 0.2) is 67.0 Å². The van der Waals surface area contributed by atoms with E-state index in [0.29, 0.717) is 54.4 Å². The zero-order chi connectivity index (χ0) is 39.4. The van der Waals surface area contributed by atoms with Gasteiger partial charge < -0.3 is 29.3 Å². The van der Waals surface area contributed by atoms with Crippen LogP contribution in [0.2, 0.25) is 5.02 Å². The van der Waals surface area contributed by atoms with Crippen molar-refractivity contribution in [1.29, 1.82) is 0 Å². The molecule has 1 aliphatic heterocycles. The van der Waals surface area contributed by atoms with Gasteiger partial charge in [0.15, 0.2) is 17.5 Å². The number of hydrogen-bond donors (Lipinski definition) is 3. The molecule has 0 bridgehead atoms. The Hall–Kier alpha value is -5.60. The Morgan fingerprint density at radius 1 is 0.964 bits per heavy atom. The summed E-state index contributed by atoms with van der Waals surface area (Å²) in [4.78, 5) is 48.9. The van der Waals surface area contributed by atoms with Crippen LogP contribution in [0.1, 0.15) is 40.7 Å². The maximum atomic E-state index is 15.7. The number of carbonyl (C=O) groups is 3. The number of hydrogen-bond acceptors (Lipinski definition) is 6. The maximum Gasteiger partial charge on any atom is 0.291 e. The largest absolute Gasteiger partial charge is 0.497 e. The fourth-order valence-corrected chi connectivity index (χ4v) is 7.05. The molecular formula is C40H44ClF2N8O4+. The highest BCUT2D eigenvalue weighted by molar-refractivity contribution is 6.34. The van der Waals surface area contributed by atoms with E-state index in [0.717, 1.165) is 19.4 Å². The van der Waals surface area contributed by atoms with Gasteiger partial charge >= 0.3 is 0 Å². The number of aromatic nitrogens is 4. The van der Waals surface area contributed by atoms with Crippen LogP contribution < -0.4 is 15.0 Å². The highest BCUT2D eigenvalue weighted by Gasteiger charge is 2.30. The fourth-order valence-electron chi connectivity index (χ4n) is 6.79. The van der Waals surface area contributed by atoms with Crippen molar-refractivity contribution in [2.45, 2.75) is 19.8 Å². The number of amides is 3. The number of nitrogens with one attached hydrogen (secondary N) is 3. The summed E-state index contributed by atoms with van der Waals surface area (Å²) in [5.41, 5.74) is 2.20. The summed E-state index contributed by atoms with van der Waals surface area (Å²) in [5, 5.41) is 9.79. The third kappa shape index (κ3) is 8.25. The smallest absolute Gasteiger partial charge is 0.291 e. The minimum absolute atomic E-state index is 0.000997. The average molecular weight is 774 g/mol. The SMILES string of the molecule is CCC(CC[NH+](C)C)C(=O)N1CCN(C(=O)c2ccc(NC(=O)c3ncc(-c4ccc(-c5cn[nH]c5-c5cccc(OC)c5)c(F)c4F)n3C)cc2Cl)CC1. The molecule has 2 aromatic heterocycles. The lowest BCUT2D eigenvalue weighted by Gasteiger charge is -2.36. The predicted molar refractivity (Wildman–Crippen MR) is 206 cm³/mol. The lowest BCUT2D eigenvalue weighted by molar-refractivity contribution is -0.858. The zero-order valence-corrected chi connectivity index (χ0v) is 32.1. The number of imidazole rings is 1. The van der Waals surface area contributed by atoms with Gasteiger partial charge in [-0.1, -0.05) is 36.7 Å². The number of quaternary nitrogens is 1. The van der Waals surface area contributed by atoms with E-state index in [-0.39, 0.29) is 51.0 Å². The number of aromatic amines is 1. The summed E-state index contributed by atoms with van der Waals surface area (Å²) < 4.78 is 38.1. The van der Waals surface area contributed by atoms with Crippen LogP contribution in [-0.2, 0) is 11.8 Å². The van der Waals surface area contributed by atoms with E-state index in [1.165, 1.54) is 60.3 Å². The number of H-pyrrole nitrogens is 1. The number of benzene rings is 3. The molecule has 1 saturated heterocycles. The number of halogens is 3. The second kappa shape index (κ2) is 16.8. The number of ether oxygens (including phenoxy) is 1. The first-order valence-electron chi connectivity index (χ1n) is 18.1. The second-order valence-electron chi connectivity index (χ2n) is 13.8. The van der Waals surface area contributed by atoms with Crippen molar-refractivity contribution >= 4 is 35.0 Å². The topological polar surface area (TPSA) is 130 Å². The molecule has 3 aromatic carbocycles. The summed E-state index contributed by atoms with van der Waals surface area (Å²) in [6.45, 7) is 4.61. The molecule has 1 atom stereocenters. The molecule has 5 aromatic rings. The van der Waals surface area contributed by atoms with Gasteiger partial charge in [0.1, 0.15) is 5.75 Å². The molecule has 0 spiro atoms. The standard InChI is InChI=1S/C40H43ClF2N8O4/c1-6-24(14-15-48(2)3)39(53)50-16-18-51(19-17-50)40(54)29-11-10-26(21-32(29)41)46-38(52)37-44-23-33(49(37)4)30-13-12-28(34(42)35(30)43)31-22-45-47-36(31)25-8-7-9-27(20-25)55-5/h7-13,20-24H,6,14-19H2,1-5H3,(H,45,47)(H,46,52)/p+1. The van der Waals surface area contributed by atoms with Crippen LogP contribution in [0.3, 0.4) is 0 Å². The zero-order valence-electron chi connectivity index (χ0n) is 31.4. The summed E-state index contributed by atoms with van der Waals surface area (Å²) in [6, 6.07) is 14.6. The van der Waals surface area contributed by atoms with Crippen molar-refractivity contribution in [2.24, 2.45) is 13.0 Å². The third-order valence-electron chi connectivity index (χ3n) is 10.0. The number of methoxy groups -OCH3 is 1. The van der Waals surface area contributed by atoms with Crippen LogP contribution >= 0.6 is 11.6 Å². The molecule has 0 saturated carbocycles. The van der Waals surface area contributed by atoms with E-state index < -0.39 is 17.5 Å². The lowest BCUT2D eigenvalue weighted by Crippen LogP contribution is -3.05. The Morgan fingerprint density at radius 3 is 2.36 bits per heavy atom.